The second-order valence-electron chi connectivity index (χ2n) is 6.48. The van der Waals surface area contributed by atoms with Gasteiger partial charge in [0, 0.05) is 6.42 Å². The molecule has 0 aliphatic carbocycles. The van der Waals surface area contributed by atoms with Crippen molar-refractivity contribution in [2.75, 3.05) is 6.54 Å². The SMILES string of the molecule is CC(C)C(NC(=O)C(CCC(=O)O)NC(=O)C(CC(=O)O)NC(=O)CN)C(=O)O. The summed E-state index contributed by atoms with van der Waals surface area (Å²) in [5.74, 6) is -7.35. The van der Waals surface area contributed by atoms with Gasteiger partial charge in [-0.15, -0.1) is 0 Å². The molecule has 164 valence electrons. The van der Waals surface area contributed by atoms with E-state index in [-0.39, 0.29) is 6.42 Å². The molecule has 0 fully saturated rings. The summed E-state index contributed by atoms with van der Waals surface area (Å²) in [6.45, 7) is 2.56. The summed E-state index contributed by atoms with van der Waals surface area (Å²) in [7, 11) is 0. The van der Waals surface area contributed by atoms with Crippen molar-refractivity contribution in [2.24, 2.45) is 11.7 Å². The van der Waals surface area contributed by atoms with Gasteiger partial charge in [0.25, 0.3) is 0 Å². The molecule has 0 aromatic heterocycles. The van der Waals surface area contributed by atoms with Crippen LogP contribution in [-0.2, 0) is 28.8 Å². The summed E-state index contributed by atoms with van der Waals surface area (Å²) in [5, 5.41) is 33.3. The predicted molar refractivity (Wildman–Crippen MR) is 96.4 cm³/mol. The Bertz CT molecular complexity index is 650. The zero-order valence-corrected chi connectivity index (χ0v) is 16.0. The van der Waals surface area contributed by atoms with Crippen LogP contribution in [-0.4, -0.2) is 75.6 Å². The lowest BCUT2D eigenvalue weighted by molar-refractivity contribution is -0.144. The van der Waals surface area contributed by atoms with Gasteiger partial charge in [0.15, 0.2) is 0 Å². The van der Waals surface area contributed by atoms with Crippen LogP contribution in [0.15, 0.2) is 0 Å². The minimum atomic E-state index is -1.57. The second-order valence-corrected chi connectivity index (χ2v) is 6.48. The Morgan fingerprint density at radius 2 is 1.38 bits per heavy atom. The van der Waals surface area contributed by atoms with Crippen LogP contribution in [0.4, 0.5) is 0 Å². The summed E-state index contributed by atoms with van der Waals surface area (Å²) in [5.41, 5.74) is 5.12. The molecule has 0 bridgehead atoms. The maximum absolute atomic E-state index is 12.4. The lowest BCUT2D eigenvalue weighted by Crippen LogP contribution is -2.57. The van der Waals surface area contributed by atoms with Crippen LogP contribution in [0.2, 0.25) is 0 Å². The van der Waals surface area contributed by atoms with E-state index in [0.29, 0.717) is 0 Å². The van der Waals surface area contributed by atoms with E-state index >= 15 is 0 Å². The molecule has 29 heavy (non-hydrogen) atoms. The van der Waals surface area contributed by atoms with Gasteiger partial charge in [-0.05, 0) is 12.3 Å². The number of rotatable bonds is 13. The minimum absolute atomic E-state index is 0.387. The molecule has 0 rings (SSSR count). The molecule has 0 aliphatic heterocycles. The Labute approximate surface area is 166 Å². The smallest absolute Gasteiger partial charge is 0.326 e. The van der Waals surface area contributed by atoms with Crippen LogP contribution in [0.25, 0.3) is 0 Å². The molecule has 0 spiro atoms. The third-order valence-corrected chi connectivity index (χ3v) is 3.73. The van der Waals surface area contributed by atoms with Crippen molar-refractivity contribution in [2.45, 2.75) is 51.2 Å². The standard InChI is InChI=1S/C16H26N4O9/c1-7(2)13(16(28)29)20-14(26)8(3-4-11(22)23)19-15(27)9(5-12(24)25)18-10(21)6-17/h7-9,13H,3-6,17H2,1-2H3,(H,18,21)(H,19,27)(H,20,26)(H,22,23)(H,24,25)(H,28,29). The zero-order chi connectivity index (χ0) is 22.7. The van der Waals surface area contributed by atoms with Crippen molar-refractivity contribution >= 4 is 35.6 Å². The monoisotopic (exact) mass is 418 g/mol. The highest BCUT2D eigenvalue weighted by Crippen LogP contribution is 2.06. The Hall–Kier alpha value is -3.22. The van der Waals surface area contributed by atoms with E-state index < -0.39 is 79.1 Å². The molecule has 0 aromatic carbocycles. The summed E-state index contributed by atoms with van der Waals surface area (Å²) >= 11 is 0. The summed E-state index contributed by atoms with van der Waals surface area (Å²) in [6, 6.07) is -4.33. The van der Waals surface area contributed by atoms with Crippen molar-refractivity contribution in [1.82, 2.24) is 16.0 Å². The Morgan fingerprint density at radius 1 is 0.828 bits per heavy atom. The van der Waals surface area contributed by atoms with Crippen LogP contribution in [0.1, 0.15) is 33.1 Å². The third kappa shape index (κ3) is 10.0. The molecule has 0 heterocycles. The van der Waals surface area contributed by atoms with Crippen LogP contribution >= 0.6 is 0 Å². The molecular weight excluding hydrogens is 392 g/mol. The van der Waals surface area contributed by atoms with Crippen LogP contribution < -0.4 is 21.7 Å². The highest BCUT2D eigenvalue weighted by atomic mass is 16.4. The zero-order valence-electron chi connectivity index (χ0n) is 16.0. The Kier molecular flexibility index (Phi) is 10.9. The molecule has 3 amide bonds. The van der Waals surface area contributed by atoms with E-state index in [1.165, 1.54) is 13.8 Å². The average Bonchev–Trinajstić information content (AvgIpc) is 2.60. The first kappa shape index (κ1) is 25.8. The first-order valence-corrected chi connectivity index (χ1v) is 8.65. The average molecular weight is 418 g/mol. The molecule has 3 atom stereocenters. The summed E-state index contributed by atoms with van der Waals surface area (Å²) < 4.78 is 0. The van der Waals surface area contributed by atoms with Gasteiger partial charge in [-0.2, -0.15) is 0 Å². The summed E-state index contributed by atoms with van der Waals surface area (Å²) in [4.78, 5) is 69.2. The van der Waals surface area contributed by atoms with E-state index in [2.05, 4.69) is 16.0 Å². The number of nitrogens with two attached hydrogens (primary N) is 1. The maximum atomic E-state index is 12.4. The number of hydrogen-bond acceptors (Lipinski definition) is 7. The molecule has 0 saturated heterocycles. The van der Waals surface area contributed by atoms with Gasteiger partial charge in [-0.3, -0.25) is 24.0 Å². The van der Waals surface area contributed by atoms with Crippen molar-refractivity contribution in [3.05, 3.63) is 0 Å². The van der Waals surface area contributed by atoms with Gasteiger partial charge in [-0.1, -0.05) is 13.8 Å². The van der Waals surface area contributed by atoms with E-state index in [1.54, 1.807) is 0 Å². The van der Waals surface area contributed by atoms with E-state index in [0.717, 1.165) is 0 Å². The second kappa shape index (κ2) is 12.3. The van der Waals surface area contributed by atoms with Crippen molar-refractivity contribution in [1.29, 1.82) is 0 Å². The first-order valence-electron chi connectivity index (χ1n) is 8.65. The van der Waals surface area contributed by atoms with Crippen molar-refractivity contribution < 1.29 is 44.1 Å². The molecule has 13 nitrogen and oxygen atoms in total. The molecule has 0 radical (unpaired) electrons. The fraction of sp³-hybridized carbons (Fsp3) is 0.625. The quantitative estimate of drug-likeness (QED) is 0.166. The fourth-order valence-electron chi connectivity index (χ4n) is 2.21. The fourth-order valence-corrected chi connectivity index (χ4v) is 2.21. The van der Waals surface area contributed by atoms with Gasteiger partial charge in [0.2, 0.25) is 17.7 Å². The minimum Gasteiger partial charge on any atom is -0.481 e. The number of hydrogen-bond donors (Lipinski definition) is 7. The largest absolute Gasteiger partial charge is 0.481 e. The number of carbonyl (C=O) groups excluding carboxylic acids is 3. The number of aliphatic carboxylic acids is 3. The molecule has 0 aromatic rings. The van der Waals surface area contributed by atoms with Gasteiger partial charge in [-0.25, -0.2) is 4.79 Å². The third-order valence-electron chi connectivity index (χ3n) is 3.73. The highest BCUT2D eigenvalue weighted by Gasteiger charge is 2.31. The number of carbonyl (C=O) groups is 6. The van der Waals surface area contributed by atoms with Crippen molar-refractivity contribution in [3.8, 4) is 0 Å². The summed E-state index contributed by atoms with van der Waals surface area (Å²) in [6.07, 6.45) is -1.73. The predicted octanol–water partition coefficient (Wildman–Crippen LogP) is -2.52. The lowest BCUT2D eigenvalue weighted by atomic mass is 10.0. The maximum Gasteiger partial charge on any atom is 0.326 e. The molecular formula is C16H26N4O9. The van der Waals surface area contributed by atoms with Gasteiger partial charge >= 0.3 is 17.9 Å². The van der Waals surface area contributed by atoms with Gasteiger partial charge in [0.1, 0.15) is 18.1 Å². The topological polar surface area (TPSA) is 225 Å². The van der Waals surface area contributed by atoms with Crippen molar-refractivity contribution in [3.63, 3.8) is 0 Å². The highest BCUT2D eigenvalue weighted by molar-refractivity contribution is 5.95. The van der Waals surface area contributed by atoms with E-state index in [4.69, 9.17) is 21.1 Å². The van der Waals surface area contributed by atoms with Crippen LogP contribution in [0.3, 0.4) is 0 Å². The molecule has 8 N–H and O–H groups in total. The van der Waals surface area contributed by atoms with Gasteiger partial charge < -0.3 is 37.0 Å². The normalized spacial score (nSPS) is 13.7. The first-order chi connectivity index (χ1) is 13.4. The molecule has 3 unspecified atom stereocenters. The molecule has 0 saturated carbocycles. The number of nitrogens with one attached hydrogen (secondary N) is 3. The van der Waals surface area contributed by atoms with Crippen LogP contribution in [0.5, 0.6) is 0 Å². The van der Waals surface area contributed by atoms with Crippen LogP contribution in [0, 0.1) is 5.92 Å². The van der Waals surface area contributed by atoms with E-state index in [9.17, 15) is 28.8 Å². The number of amides is 3. The molecule has 0 aliphatic rings. The molecule has 13 heteroatoms. The van der Waals surface area contributed by atoms with Gasteiger partial charge in [0.05, 0.1) is 13.0 Å². The van der Waals surface area contributed by atoms with E-state index in [1.807, 2.05) is 0 Å². The Balaban J connectivity index is 5.45. The number of carboxylic acids is 3. The number of carboxylic acid groups (broad SMARTS) is 3. The Morgan fingerprint density at radius 3 is 1.79 bits per heavy atom. The lowest BCUT2D eigenvalue weighted by Gasteiger charge is -2.24.